The van der Waals surface area contributed by atoms with Crippen molar-refractivity contribution in [3.63, 3.8) is 0 Å². The molecule has 1 aliphatic carbocycles. The van der Waals surface area contributed by atoms with Crippen molar-refractivity contribution in [2.45, 2.75) is 36.5 Å². The molecule has 0 aliphatic heterocycles. The Balaban J connectivity index is 2.03. The van der Waals surface area contributed by atoms with Crippen LogP contribution in [0.1, 0.15) is 30.7 Å². The van der Waals surface area contributed by atoms with E-state index in [-0.39, 0.29) is 22.8 Å². The summed E-state index contributed by atoms with van der Waals surface area (Å²) < 4.78 is 34.8. The summed E-state index contributed by atoms with van der Waals surface area (Å²) in [5.74, 6) is 0.538. The van der Waals surface area contributed by atoms with Gasteiger partial charge in [-0.25, -0.2) is 8.42 Å². The number of hydrogen-bond acceptors (Lipinski definition) is 4. The maximum atomic E-state index is 12.4. The third-order valence-electron chi connectivity index (χ3n) is 4.11. The van der Waals surface area contributed by atoms with Crippen molar-refractivity contribution in [2.75, 3.05) is 17.8 Å². The van der Waals surface area contributed by atoms with E-state index in [0.717, 1.165) is 19.3 Å². The molecule has 0 aromatic heterocycles. The lowest BCUT2D eigenvalue weighted by atomic mass is 9.82. The van der Waals surface area contributed by atoms with E-state index in [4.69, 9.17) is 5.73 Å². The van der Waals surface area contributed by atoms with Crippen LogP contribution in [0.25, 0.3) is 0 Å². The zero-order valence-electron chi connectivity index (χ0n) is 12.3. The first-order valence-electron chi connectivity index (χ1n) is 7.22. The number of benzene rings is 1. The molecule has 118 valence electrons. The summed E-state index contributed by atoms with van der Waals surface area (Å²) in [5, 5.41) is -0.106. The van der Waals surface area contributed by atoms with Crippen molar-refractivity contribution in [1.29, 1.82) is 0 Å². The second kappa shape index (κ2) is 7.03. The molecule has 1 aliphatic rings. The highest BCUT2D eigenvalue weighted by Crippen LogP contribution is 2.34. The lowest BCUT2D eigenvalue weighted by molar-refractivity contribution is 0.400. The van der Waals surface area contributed by atoms with Gasteiger partial charge in [0.2, 0.25) is 0 Å². The largest absolute Gasteiger partial charge is 0.327 e. The summed E-state index contributed by atoms with van der Waals surface area (Å²) >= 11 is 0. The van der Waals surface area contributed by atoms with Gasteiger partial charge in [-0.1, -0.05) is 30.3 Å². The third-order valence-corrected chi connectivity index (χ3v) is 7.13. The van der Waals surface area contributed by atoms with E-state index in [9.17, 15) is 12.6 Å². The van der Waals surface area contributed by atoms with Gasteiger partial charge >= 0.3 is 0 Å². The van der Waals surface area contributed by atoms with Gasteiger partial charge in [0, 0.05) is 28.9 Å². The molecule has 6 heteroatoms. The molecule has 0 spiro atoms. The molecule has 1 aromatic carbocycles. The summed E-state index contributed by atoms with van der Waals surface area (Å²) in [7, 11) is -4.26. The van der Waals surface area contributed by atoms with E-state index < -0.39 is 20.6 Å². The van der Waals surface area contributed by atoms with Crippen LogP contribution in [0, 0.1) is 0 Å². The van der Waals surface area contributed by atoms with E-state index in [1.165, 1.54) is 11.8 Å². The summed E-state index contributed by atoms with van der Waals surface area (Å²) in [6.07, 6.45) is 3.80. The van der Waals surface area contributed by atoms with Crippen LogP contribution in [0.3, 0.4) is 0 Å². The first-order valence-corrected chi connectivity index (χ1v) is 10.7. The maximum Gasteiger partial charge on any atom is 0.148 e. The topological polar surface area (TPSA) is 77.2 Å². The van der Waals surface area contributed by atoms with Crippen LogP contribution in [0.4, 0.5) is 0 Å². The molecule has 1 saturated carbocycles. The van der Waals surface area contributed by atoms with Crippen molar-refractivity contribution < 1.29 is 12.6 Å². The zero-order chi connectivity index (χ0) is 15.5. The molecule has 1 aromatic rings. The van der Waals surface area contributed by atoms with Gasteiger partial charge < -0.3 is 5.73 Å². The molecule has 2 N–H and O–H groups in total. The molecule has 21 heavy (non-hydrogen) atoms. The fraction of sp³-hybridized carbons (Fsp3) is 0.600. The average Bonchev–Trinajstić information content (AvgIpc) is 2.45. The van der Waals surface area contributed by atoms with Gasteiger partial charge in [0.25, 0.3) is 0 Å². The fourth-order valence-electron chi connectivity index (χ4n) is 2.87. The molecule has 0 amide bonds. The molecule has 4 nitrogen and oxygen atoms in total. The minimum absolute atomic E-state index is 0.0289. The number of sulfone groups is 1. The Labute approximate surface area is 129 Å². The number of nitrogens with two attached hydrogens (primary N) is 1. The van der Waals surface area contributed by atoms with Gasteiger partial charge in [-0.05, 0) is 30.7 Å². The predicted molar refractivity (Wildman–Crippen MR) is 87.5 cm³/mol. The Hall–Kier alpha value is -0.720. The van der Waals surface area contributed by atoms with Gasteiger partial charge in [0.05, 0.1) is 11.0 Å². The Morgan fingerprint density at radius 3 is 2.52 bits per heavy atom. The smallest absolute Gasteiger partial charge is 0.148 e. The summed E-state index contributed by atoms with van der Waals surface area (Å²) in [4.78, 5) is 0. The molecule has 4 unspecified atom stereocenters. The minimum atomic E-state index is -3.07. The van der Waals surface area contributed by atoms with E-state index in [1.54, 1.807) is 0 Å². The molecule has 2 rings (SSSR count). The van der Waals surface area contributed by atoms with Gasteiger partial charge in [-0.15, -0.1) is 0 Å². The average molecular weight is 329 g/mol. The van der Waals surface area contributed by atoms with Crippen molar-refractivity contribution in [3.05, 3.63) is 35.9 Å². The maximum absolute atomic E-state index is 12.4. The lowest BCUT2D eigenvalue weighted by Crippen LogP contribution is -2.43. The highest BCUT2D eigenvalue weighted by Gasteiger charge is 2.33. The van der Waals surface area contributed by atoms with Crippen LogP contribution >= 0.6 is 0 Å². The quantitative estimate of drug-likeness (QED) is 0.887. The van der Waals surface area contributed by atoms with E-state index in [2.05, 4.69) is 12.1 Å². The Morgan fingerprint density at radius 1 is 1.24 bits per heavy atom. The molecule has 1 fully saturated rings. The molecule has 0 heterocycles. The monoisotopic (exact) mass is 329 g/mol. The molecule has 0 bridgehead atoms. The fourth-order valence-corrected chi connectivity index (χ4v) is 6.01. The second-order valence-corrected chi connectivity index (χ2v) is 9.87. The molecule has 4 atom stereocenters. The summed E-state index contributed by atoms with van der Waals surface area (Å²) in [6, 6.07) is 10.1. The molecule has 0 saturated heterocycles. The predicted octanol–water partition coefficient (Wildman–Crippen LogP) is 1.44. The Kier molecular flexibility index (Phi) is 5.57. The van der Waals surface area contributed by atoms with Gasteiger partial charge in [-0.3, -0.25) is 4.21 Å². The highest BCUT2D eigenvalue weighted by molar-refractivity contribution is 7.92. The van der Waals surface area contributed by atoms with Crippen LogP contribution in [0.15, 0.2) is 30.3 Å². The van der Waals surface area contributed by atoms with E-state index in [1.807, 2.05) is 18.2 Å². The number of rotatable bonds is 5. The SMILES string of the molecule is CS(=O)(=O)CCS(=O)C1CC(c2ccccc2)CCC1N. The summed E-state index contributed by atoms with van der Waals surface area (Å²) in [5.41, 5.74) is 7.38. The zero-order valence-corrected chi connectivity index (χ0v) is 13.9. The first kappa shape index (κ1) is 16.6. The van der Waals surface area contributed by atoms with Crippen LogP contribution in [0.5, 0.6) is 0 Å². The van der Waals surface area contributed by atoms with Crippen LogP contribution in [0.2, 0.25) is 0 Å². The first-order chi connectivity index (χ1) is 9.87. The standard InChI is InChI=1S/C15H23NO3S2/c1-21(18,19)10-9-20(17)15-11-13(7-8-14(15)16)12-5-3-2-4-6-12/h2-6,13-15H,7-11,16H2,1H3. The van der Waals surface area contributed by atoms with Crippen molar-refractivity contribution in [3.8, 4) is 0 Å². The number of hydrogen-bond donors (Lipinski definition) is 1. The van der Waals surface area contributed by atoms with Gasteiger partial charge in [0.15, 0.2) is 0 Å². The van der Waals surface area contributed by atoms with Crippen LogP contribution in [-0.2, 0) is 20.6 Å². The summed E-state index contributed by atoms with van der Waals surface area (Å²) in [6.45, 7) is 0. The molecular formula is C15H23NO3S2. The van der Waals surface area contributed by atoms with Crippen LogP contribution in [-0.4, -0.2) is 41.7 Å². The van der Waals surface area contributed by atoms with Crippen molar-refractivity contribution in [2.24, 2.45) is 5.73 Å². The molecule has 0 radical (unpaired) electrons. The van der Waals surface area contributed by atoms with Gasteiger partial charge in [-0.2, -0.15) is 0 Å². The molecular weight excluding hydrogens is 306 g/mol. The Bertz CT molecular complexity index is 586. The Morgan fingerprint density at radius 2 is 1.90 bits per heavy atom. The van der Waals surface area contributed by atoms with E-state index >= 15 is 0 Å². The lowest BCUT2D eigenvalue weighted by Gasteiger charge is -2.33. The second-order valence-electron chi connectivity index (χ2n) is 5.84. The normalized spacial score (nSPS) is 28.2. The van der Waals surface area contributed by atoms with Crippen molar-refractivity contribution in [1.82, 2.24) is 0 Å². The third kappa shape index (κ3) is 4.90. The van der Waals surface area contributed by atoms with E-state index in [0.29, 0.717) is 5.92 Å². The van der Waals surface area contributed by atoms with Gasteiger partial charge in [0.1, 0.15) is 9.84 Å². The van der Waals surface area contributed by atoms with Crippen LogP contribution < -0.4 is 5.73 Å². The minimum Gasteiger partial charge on any atom is -0.327 e. The van der Waals surface area contributed by atoms with Crippen molar-refractivity contribution >= 4 is 20.6 Å². The highest BCUT2D eigenvalue weighted by atomic mass is 32.2.